The first-order valence-corrected chi connectivity index (χ1v) is 5.57. The first-order valence-electron chi connectivity index (χ1n) is 5.57. The lowest BCUT2D eigenvalue weighted by molar-refractivity contribution is -0.234. The van der Waals surface area contributed by atoms with E-state index in [0.29, 0.717) is 11.3 Å². The number of rotatable bonds is 0. The molecule has 0 aromatic rings. The van der Waals surface area contributed by atoms with Crippen LogP contribution in [0.2, 0.25) is 0 Å². The summed E-state index contributed by atoms with van der Waals surface area (Å²) in [4.78, 5) is 0. The molecular formula is C11H18BO2. The van der Waals surface area contributed by atoms with Crippen LogP contribution >= 0.6 is 0 Å². The minimum atomic E-state index is -0.0920. The molecular weight excluding hydrogens is 175 g/mol. The fourth-order valence-electron chi connectivity index (χ4n) is 3.94. The highest BCUT2D eigenvalue weighted by Crippen LogP contribution is 2.68. The second-order valence-corrected chi connectivity index (χ2v) is 6.18. The molecule has 0 aromatic heterocycles. The van der Waals surface area contributed by atoms with Gasteiger partial charge in [0.25, 0.3) is 0 Å². The van der Waals surface area contributed by atoms with Crippen LogP contribution in [0, 0.1) is 17.3 Å². The Balaban J connectivity index is 2.03. The third-order valence-electron chi connectivity index (χ3n) is 5.42. The Labute approximate surface area is 86.7 Å². The van der Waals surface area contributed by atoms with Crippen LogP contribution in [0.1, 0.15) is 40.5 Å². The Bertz CT molecular complexity index is 291. The van der Waals surface area contributed by atoms with Gasteiger partial charge in [-0.2, -0.15) is 0 Å². The van der Waals surface area contributed by atoms with Crippen molar-refractivity contribution < 1.29 is 9.31 Å². The van der Waals surface area contributed by atoms with E-state index in [1.807, 2.05) is 0 Å². The molecule has 2 bridgehead atoms. The summed E-state index contributed by atoms with van der Waals surface area (Å²) >= 11 is 0. The summed E-state index contributed by atoms with van der Waals surface area (Å²) in [5, 5.41) is 0. The molecule has 77 valence electrons. The largest absolute Gasteiger partial charge is 0.489 e. The van der Waals surface area contributed by atoms with Gasteiger partial charge < -0.3 is 9.31 Å². The van der Waals surface area contributed by atoms with Crippen molar-refractivity contribution in [2.24, 2.45) is 17.3 Å². The van der Waals surface area contributed by atoms with Gasteiger partial charge in [0.1, 0.15) is 0 Å². The third-order valence-corrected chi connectivity index (χ3v) is 5.42. The summed E-state index contributed by atoms with van der Waals surface area (Å²) in [6, 6.07) is 0. The quantitative estimate of drug-likeness (QED) is 0.548. The van der Waals surface area contributed by atoms with Crippen molar-refractivity contribution in [2.45, 2.75) is 51.7 Å². The normalized spacial score (nSPS) is 58.6. The van der Waals surface area contributed by atoms with Gasteiger partial charge in [0.2, 0.25) is 0 Å². The van der Waals surface area contributed by atoms with Gasteiger partial charge in [-0.25, -0.2) is 0 Å². The van der Waals surface area contributed by atoms with Crippen molar-refractivity contribution in [2.75, 3.05) is 0 Å². The molecule has 0 amide bonds. The smallest absolute Gasteiger partial charge is 0.405 e. The molecule has 0 N–H and O–H groups in total. The maximum absolute atomic E-state index is 5.79. The first-order chi connectivity index (χ1) is 6.40. The average molecular weight is 193 g/mol. The molecule has 0 spiro atoms. The number of hydrogen-bond donors (Lipinski definition) is 0. The van der Waals surface area contributed by atoms with Crippen molar-refractivity contribution in [3.05, 3.63) is 0 Å². The molecule has 3 heteroatoms. The molecule has 4 aliphatic rings. The molecule has 4 fully saturated rings. The van der Waals surface area contributed by atoms with Gasteiger partial charge >= 0.3 is 7.69 Å². The SMILES string of the molecule is CC1(C)[C@H]2C[C@@H]1[C@]1(C)O[B]O[C@]1(C)C2. The molecule has 1 radical (unpaired) electrons. The fourth-order valence-corrected chi connectivity index (χ4v) is 3.94. The molecule has 4 atom stereocenters. The van der Waals surface area contributed by atoms with E-state index < -0.39 is 0 Å². The second kappa shape index (κ2) is 2.22. The lowest BCUT2D eigenvalue weighted by Gasteiger charge is -2.67. The van der Waals surface area contributed by atoms with Crippen LogP contribution < -0.4 is 0 Å². The van der Waals surface area contributed by atoms with Crippen LogP contribution in [0.15, 0.2) is 0 Å². The zero-order valence-electron chi connectivity index (χ0n) is 9.46. The Morgan fingerprint density at radius 3 is 2.50 bits per heavy atom. The van der Waals surface area contributed by atoms with E-state index in [0.717, 1.165) is 12.3 Å². The van der Waals surface area contributed by atoms with Crippen LogP contribution in [-0.4, -0.2) is 18.9 Å². The molecule has 3 saturated carbocycles. The van der Waals surface area contributed by atoms with Crippen LogP contribution in [0.25, 0.3) is 0 Å². The minimum Gasteiger partial charge on any atom is -0.405 e. The molecule has 4 rings (SSSR count). The van der Waals surface area contributed by atoms with Gasteiger partial charge in [-0.3, -0.25) is 0 Å². The monoisotopic (exact) mass is 193 g/mol. The summed E-state index contributed by atoms with van der Waals surface area (Å²) in [5.41, 5.74) is 0.275. The van der Waals surface area contributed by atoms with E-state index in [4.69, 9.17) is 9.31 Å². The van der Waals surface area contributed by atoms with Gasteiger partial charge in [-0.05, 0) is 43.9 Å². The fraction of sp³-hybridized carbons (Fsp3) is 1.00. The van der Waals surface area contributed by atoms with E-state index in [1.165, 1.54) is 6.42 Å². The minimum absolute atomic E-state index is 0.0733. The highest BCUT2D eigenvalue weighted by atomic mass is 16.7. The molecule has 0 unspecified atom stereocenters. The Morgan fingerprint density at radius 2 is 1.86 bits per heavy atom. The van der Waals surface area contributed by atoms with E-state index in [9.17, 15) is 0 Å². The molecule has 0 aromatic carbocycles. The molecule has 3 aliphatic carbocycles. The molecule has 2 nitrogen and oxygen atoms in total. The third kappa shape index (κ3) is 0.748. The lowest BCUT2D eigenvalue weighted by Crippen LogP contribution is -2.70. The van der Waals surface area contributed by atoms with Crippen molar-refractivity contribution in [1.82, 2.24) is 0 Å². The van der Waals surface area contributed by atoms with E-state index in [1.54, 1.807) is 7.69 Å². The van der Waals surface area contributed by atoms with Gasteiger partial charge in [0.15, 0.2) is 0 Å². The Hall–Kier alpha value is -0.0151. The van der Waals surface area contributed by atoms with Crippen molar-refractivity contribution >= 4 is 7.69 Å². The maximum atomic E-state index is 5.79. The predicted octanol–water partition coefficient (Wildman–Crippen LogP) is 2.15. The van der Waals surface area contributed by atoms with Gasteiger partial charge in [-0.1, -0.05) is 13.8 Å². The lowest BCUT2D eigenvalue weighted by atomic mass is 9.41. The van der Waals surface area contributed by atoms with Crippen molar-refractivity contribution in [3.8, 4) is 0 Å². The Kier molecular flexibility index (Phi) is 1.46. The molecule has 14 heavy (non-hydrogen) atoms. The topological polar surface area (TPSA) is 18.5 Å². The van der Waals surface area contributed by atoms with Crippen molar-refractivity contribution in [1.29, 1.82) is 0 Å². The zero-order chi connectivity index (χ0) is 10.2. The van der Waals surface area contributed by atoms with Gasteiger partial charge in [0, 0.05) is 0 Å². The molecule has 1 saturated heterocycles. The van der Waals surface area contributed by atoms with Crippen LogP contribution in [0.3, 0.4) is 0 Å². The summed E-state index contributed by atoms with van der Waals surface area (Å²) in [5.74, 6) is 1.47. The summed E-state index contributed by atoms with van der Waals surface area (Å²) in [6.07, 6.45) is 2.46. The highest BCUT2D eigenvalue weighted by molar-refractivity contribution is 6.19. The predicted molar refractivity (Wildman–Crippen MR) is 54.7 cm³/mol. The molecule has 1 heterocycles. The van der Waals surface area contributed by atoms with Gasteiger partial charge in [0.05, 0.1) is 11.2 Å². The van der Waals surface area contributed by atoms with E-state index in [-0.39, 0.29) is 11.2 Å². The van der Waals surface area contributed by atoms with Crippen molar-refractivity contribution in [3.63, 3.8) is 0 Å². The van der Waals surface area contributed by atoms with E-state index in [2.05, 4.69) is 27.7 Å². The van der Waals surface area contributed by atoms with Crippen LogP contribution in [0.5, 0.6) is 0 Å². The van der Waals surface area contributed by atoms with Crippen LogP contribution in [-0.2, 0) is 9.31 Å². The average Bonchev–Trinajstić information content (AvgIpc) is 2.40. The molecule has 1 aliphatic heterocycles. The summed E-state index contributed by atoms with van der Waals surface area (Å²) < 4.78 is 11.5. The summed E-state index contributed by atoms with van der Waals surface area (Å²) in [6.45, 7) is 9.17. The second-order valence-electron chi connectivity index (χ2n) is 6.18. The highest BCUT2D eigenvalue weighted by Gasteiger charge is 2.70. The summed E-state index contributed by atoms with van der Waals surface area (Å²) in [7, 11) is 1.57. The number of hydrogen-bond acceptors (Lipinski definition) is 2. The van der Waals surface area contributed by atoms with Crippen LogP contribution in [0.4, 0.5) is 0 Å². The first kappa shape index (κ1) is 9.23. The van der Waals surface area contributed by atoms with E-state index >= 15 is 0 Å². The zero-order valence-corrected chi connectivity index (χ0v) is 9.46. The standard InChI is InChI=1S/C11H18BO2/c1-9(2)7-5-8(9)11(4)10(3,6-7)13-12-14-11/h7-8H,5-6H2,1-4H3/t7-,8-,10+,11-/m0/s1. The maximum Gasteiger partial charge on any atom is 0.489 e. The Morgan fingerprint density at radius 1 is 1.14 bits per heavy atom. The van der Waals surface area contributed by atoms with Gasteiger partial charge in [-0.15, -0.1) is 0 Å².